The largest absolute Gasteiger partial charge is 0.314 e. The molecule has 0 spiro atoms. The molecule has 0 unspecified atom stereocenters. The Balaban J connectivity index is 0. The van der Waals surface area contributed by atoms with Crippen molar-refractivity contribution >= 4 is 17.8 Å². The minimum absolute atomic E-state index is 0.989. The number of nitrogens with zero attached hydrogens (tertiary/aromatic N) is 2. The number of halogens is 1. The van der Waals surface area contributed by atoms with Crippen LogP contribution in [0.5, 0.6) is 0 Å². The van der Waals surface area contributed by atoms with Gasteiger partial charge >= 0.3 is 0 Å². The van der Waals surface area contributed by atoms with E-state index >= 15 is 0 Å². The van der Waals surface area contributed by atoms with E-state index in [-0.39, 0.29) is 0 Å². The minimum atomic E-state index is 0.989. The van der Waals surface area contributed by atoms with Crippen molar-refractivity contribution in [2.45, 2.75) is 27.7 Å². The van der Waals surface area contributed by atoms with Gasteiger partial charge in [0.05, 0.1) is 0 Å². The van der Waals surface area contributed by atoms with E-state index in [0.717, 1.165) is 32.7 Å². The van der Waals surface area contributed by atoms with Gasteiger partial charge in [0.2, 0.25) is 0 Å². The van der Waals surface area contributed by atoms with Crippen LogP contribution in [0.3, 0.4) is 0 Å². The summed E-state index contributed by atoms with van der Waals surface area (Å²) in [6.07, 6.45) is 5.42. The summed E-state index contributed by atoms with van der Waals surface area (Å²) in [4.78, 5) is 6.74. The molecule has 1 aliphatic heterocycles. The second-order valence-electron chi connectivity index (χ2n) is 3.19. The number of hydrogen-bond donors (Lipinski definition) is 1. The fraction of sp³-hybridized carbons (Fsp3) is 0.769. The van der Waals surface area contributed by atoms with Crippen LogP contribution in [-0.2, 0) is 0 Å². The van der Waals surface area contributed by atoms with Crippen molar-refractivity contribution in [2.24, 2.45) is 4.99 Å². The molecule has 1 N–H and O–H groups in total. The molecule has 0 atom stereocenters. The molecular formula is C13H28ClN3. The summed E-state index contributed by atoms with van der Waals surface area (Å²) in [6.45, 7) is 13.5. The van der Waals surface area contributed by atoms with Crippen molar-refractivity contribution in [1.29, 1.82) is 0 Å². The zero-order valence-corrected chi connectivity index (χ0v) is 12.7. The molecule has 1 heterocycles. The SMILES string of the molecule is CC.CC=N/C(=C\C)CN1CCNCC1.CCl. The molecule has 0 bridgehead atoms. The van der Waals surface area contributed by atoms with Crippen molar-refractivity contribution in [2.75, 3.05) is 39.1 Å². The first kappa shape index (κ1) is 19.0. The van der Waals surface area contributed by atoms with Crippen LogP contribution < -0.4 is 5.32 Å². The lowest BCUT2D eigenvalue weighted by atomic mass is 10.3. The number of hydrogen-bond acceptors (Lipinski definition) is 3. The maximum Gasteiger partial charge on any atom is 0.0497 e. The fourth-order valence-electron chi connectivity index (χ4n) is 1.47. The van der Waals surface area contributed by atoms with Gasteiger partial charge in [0.15, 0.2) is 0 Å². The highest BCUT2D eigenvalue weighted by Gasteiger charge is 2.09. The van der Waals surface area contributed by atoms with Crippen LogP contribution in [0.15, 0.2) is 16.8 Å². The Morgan fingerprint density at radius 2 is 1.76 bits per heavy atom. The van der Waals surface area contributed by atoms with Gasteiger partial charge in [-0.3, -0.25) is 9.89 Å². The molecule has 1 aliphatic rings. The average molecular weight is 262 g/mol. The highest BCUT2D eigenvalue weighted by molar-refractivity contribution is 6.15. The normalized spacial score (nSPS) is 16.9. The van der Waals surface area contributed by atoms with Gasteiger partial charge in [0.1, 0.15) is 0 Å². The van der Waals surface area contributed by atoms with Gasteiger partial charge in [-0.25, -0.2) is 0 Å². The lowest BCUT2D eigenvalue weighted by Crippen LogP contribution is -2.44. The van der Waals surface area contributed by atoms with Crippen LogP contribution >= 0.6 is 11.6 Å². The van der Waals surface area contributed by atoms with Crippen LogP contribution in [0, 0.1) is 0 Å². The molecule has 1 fully saturated rings. The predicted octanol–water partition coefficient (Wildman–Crippen LogP) is 2.77. The molecule has 0 radical (unpaired) electrons. The van der Waals surface area contributed by atoms with E-state index in [1.807, 2.05) is 33.9 Å². The van der Waals surface area contributed by atoms with Crippen LogP contribution in [0.4, 0.5) is 0 Å². The van der Waals surface area contributed by atoms with Crippen molar-refractivity contribution < 1.29 is 0 Å². The molecule has 4 heteroatoms. The van der Waals surface area contributed by atoms with Gasteiger partial charge in [-0.1, -0.05) is 19.9 Å². The number of aliphatic imine (C=N–C) groups is 1. The molecule has 3 nitrogen and oxygen atoms in total. The molecule has 0 amide bonds. The van der Waals surface area contributed by atoms with Gasteiger partial charge in [-0.05, 0) is 13.8 Å². The zero-order chi connectivity index (χ0) is 13.5. The van der Waals surface area contributed by atoms with Gasteiger partial charge in [-0.2, -0.15) is 0 Å². The Morgan fingerprint density at radius 1 is 1.24 bits per heavy atom. The third-order valence-electron chi connectivity index (χ3n) is 2.22. The number of allylic oxidation sites excluding steroid dienone is 1. The Kier molecular flexibility index (Phi) is 17.4. The standard InChI is InChI=1S/C10H19N3.C2H6.CH3Cl/c1-3-10(12-4-2)9-13-7-5-11-6-8-13;2*1-2/h3-4,11H,5-9H2,1-2H3;1-2H3;1H3/b10-3-,12-4?;;. The molecule has 102 valence electrons. The highest BCUT2D eigenvalue weighted by atomic mass is 35.5. The number of piperazine rings is 1. The first-order chi connectivity index (χ1) is 8.36. The van der Waals surface area contributed by atoms with Gasteiger partial charge < -0.3 is 5.32 Å². The van der Waals surface area contributed by atoms with Crippen molar-refractivity contribution in [3.63, 3.8) is 0 Å². The molecule has 1 rings (SSSR count). The predicted molar refractivity (Wildman–Crippen MR) is 80.4 cm³/mol. The monoisotopic (exact) mass is 261 g/mol. The molecule has 0 aromatic heterocycles. The van der Waals surface area contributed by atoms with Crippen molar-refractivity contribution in [1.82, 2.24) is 10.2 Å². The first-order valence-corrected chi connectivity index (χ1v) is 7.07. The summed E-state index contributed by atoms with van der Waals surface area (Å²) in [7, 11) is 0. The van der Waals surface area contributed by atoms with Crippen molar-refractivity contribution in [3.8, 4) is 0 Å². The van der Waals surface area contributed by atoms with Crippen molar-refractivity contribution in [3.05, 3.63) is 11.8 Å². The van der Waals surface area contributed by atoms with Gasteiger partial charge in [-0.15, -0.1) is 11.6 Å². The summed E-state index contributed by atoms with van der Waals surface area (Å²) in [5, 5.41) is 3.34. The van der Waals surface area contributed by atoms with Crippen LogP contribution in [0.1, 0.15) is 27.7 Å². The Bertz CT molecular complexity index is 197. The third kappa shape index (κ3) is 10.5. The molecular weight excluding hydrogens is 234 g/mol. The topological polar surface area (TPSA) is 27.6 Å². The van der Waals surface area contributed by atoms with Crippen LogP contribution in [-0.4, -0.2) is 50.2 Å². The van der Waals surface area contributed by atoms with E-state index in [1.54, 1.807) is 0 Å². The maximum absolute atomic E-state index is 4.64. The lowest BCUT2D eigenvalue weighted by molar-refractivity contribution is 0.259. The van der Waals surface area contributed by atoms with E-state index < -0.39 is 0 Å². The van der Waals surface area contributed by atoms with E-state index in [2.05, 4.69) is 32.9 Å². The summed E-state index contributed by atoms with van der Waals surface area (Å²) >= 11 is 4.64. The van der Waals surface area contributed by atoms with E-state index in [9.17, 15) is 0 Å². The zero-order valence-electron chi connectivity index (χ0n) is 12.0. The summed E-state index contributed by atoms with van der Waals surface area (Å²) < 4.78 is 0. The summed E-state index contributed by atoms with van der Waals surface area (Å²) in [5.74, 6) is 0. The number of nitrogens with one attached hydrogen (secondary N) is 1. The average Bonchev–Trinajstić information content (AvgIpc) is 2.44. The first-order valence-electron chi connectivity index (χ1n) is 6.31. The number of alkyl halides is 1. The Morgan fingerprint density at radius 3 is 2.18 bits per heavy atom. The second kappa shape index (κ2) is 15.6. The summed E-state index contributed by atoms with van der Waals surface area (Å²) in [6, 6.07) is 0. The molecule has 17 heavy (non-hydrogen) atoms. The number of rotatable bonds is 3. The summed E-state index contributed by atoms with van der Waals surface area (Å²) in [5.41, 5.74) is 1.17. The molecule has 0 aromatic carbocycles. The highest BCUT2D eigenvalue weighted by Crippen LogP contribution is 2.01. The quantitative estimate of drug-likeness (QED) is 0.625. The maximum atomic E-state index is 4.64. The van der Waals surface area contributed by atoms with Crippen LogP contribution in [0.2, 0.25) is 0 Å². The Labute approximate surface area is 112 Å². The molecule has 0 saturated carbocycles. The third-order valence-corrected chi connectivity index (χ3v) is 2.22. The smallest absolute Gasteiger partial charge is 0.0497 e. The van der Waals surface area contributed by atoms with E-state index in [0.29, 0.717) is 0 Å². The van der Waals surface area contributed by atoms with Gasteiger partial charge in [0.25, 0.3) is 0 Å². The van der Waals surface area contributed by atoms with Crippen LogP contribution in [0.25, 0.3) is 0 Å². The second-order valence-corrected chi connectivity index (χ2v) is 3.19. The van der Waals surface area contributed by atoms with E-state index in [1.165, 1.54) is 12.1 Å². The van der Waals surface area contributed by atoms with E-state index in [4.69, 9.17) is 0 Å². The van der Waals surface area contributed by atoms with Gasteiger partial charge in [0, 0.05) is 51.0 Å². The molecule has 0 aromatic rings. The fourth-order valence-corrected chi connectivity index (χ4v) is 1.47. The Hall–Kier alpha value is -0.380. The molecule has 0 aliphatic carbocycles. The minimum Gasteiger partial charge on any atom is -0.314 e. The lowest BCUT2D eigenvalue weighted by Gasteiger charge is -2.27. The molecule has 1 saturated heterocycles.